The van der Waals surface area contributed by atoms with Gasteiger partial charge in [-0.2, -0.15) is 0 Å². The summed E-state index contributed by atoms with van der Waals surface area (Å²) in [5.41, 5.74) is 0.927. The van der Waals surface area contributed by atoms with Gasteiger partial charge in [-0.3, -0.25) is 4.98 Å². The zero-order valence-electron chi connectivity index (χ0n) is 8.68. The fourth-order valence-corrected chi connectivity index (χ4v) is 1.33. The maximum Gasteiger partial charge on any atom is 0.0643 e. The Balaban J connectivity index is 2.52. The molecular weight excluding hydrogens is 178 g/mol. The summed E-state index contributed by atoms with van der Waals surface area (Å²) in [5.74, 6) is 0.0614. The average molecular weight is 195 g/mol. The molecule has 1 N–H and O–H groups in total. The number of rotatable bonds is 5. The van der Waals surface area contributed by atoms with Gasteiger partial charge in [-0.05, 0) is 18.6 Å². The lowest BCUT2D eigenvalue weighted by molar-refractivity contribution is 0.0934. The van der Waals surface area contributed by atoms with E-state index in [0.29, 0.717) is 13.0 Å². The summed E-state index contributed by atoms with van der Waals surface area (Å²) in [6.07, 6.45) is 2.01. The molecule has 2 atom stereocenters. The third kappa shape index (κ3) is 3.09. The topological polar surface area (TPSA) is 42.4 Å². The molecule has 0 aliphatic carbocycles. The second-order valence-electron chi connectivity index (χ2n) is 3.39. The zero-order chi connectivity index (χ0) is 10.4. The minimum atomic E-state index is -0.384. The van der Waals surface area contributed by atoms with Crippen LogP contribution in [0.2, 0.25) is 0 Å². The van der Waals surface area contributed by atoms with E-state index in [1.807, 2.05) is 25.1 Å². The van der Waals surface area contributed by atoms with E-state index in [9.17, 15) is 5.11 Å². The zero-order valence-corrected chi connectivity index (χ0v) is 8.68. The predicted molar refractivity (Wildman–Crippen MR) is 55.2 cm³/mol. The number of hydrogen-bond donors (Lipinski definition) is 1. The van der Waals surface area contributed by atoms with Crippen LogP contribution in [0.15, 0.2) is 24.4 Å². The number of ether oxygens (including phenoxy) is 1. The van der Waals surface area contributed by atoms with Crippen molar-refractivity contribution in [2.24, 2.45) is 0 Å². The molecular formula is C11H17NO2. The normalized spacial score (nSPS) is 15.1. The van der Waals surface area contributed by atoms with Gasteiger partial charge in [-0.1, -0.05) is 13.0 Å². The van der Waals surface area contributed by atoms with Crippen LogP contribution in [0.1, 0.15) is 25.0 Å². The summed E-state index contributed by atoms with van der Waals surface area (Å²) in [6.45, 7) is 2.56. The fourth-order valence-electron chi connectivity index (χ4n) is 1.33. The molecule has 14 heavy (non-hydrogen) atoms. The largest absolute Gasteiger partial charge is 0.392 e. The molecule has 0 saturated heterocycles. The lowest BCUT2D eigenvalue weighted by Crippen LogP contribution is -2.18. The summed E-state index contributed by atoms with van der Waals surface area (Å²) in [6, 6.07) is 5.74. The Morgan fingerprint density at radius 1 is 1.50 bits per heavy atom. The van der Waals surface area contributed by atoms with E-state index < -0.39 is 0 Å². The molecule has 0 radical (unpaired) electrons. The smallest absolute Gasteiger partial charge is 0.0643 e. The molecule has 0 amide bonds. The summed E-state index contributed by atoms with van der Waals surface area (Å²) >= 11 is 0. The lowest BCUT2D eigenvalue weighted by atomic mass is 9.98. The Kier molecular flexibility index (Phi) is 4.56. The number of nitrogens with zero attached hydrogens (tertiary/aromatic N) is 1. The number of pyridine rings is 1. The number of hydrogen-bond acceptors (Lipinski definition) is 3. The van der Waals surface area contributed by atoms with Gasteiger partial charge in [-0.25, -0.2) is 0 Å². The standard InChI is InChI=1S/C11H17NO2/c1-9(11(13)6-8-14-2)10-5-3-4-7-12-10/h3-5,7,9,11,13H,6,8H2,1-2H3. The Morgan fingerprint density at radius 3 is 2.86 bits per heavy atom. The summed E-state index contributed by atoms with van der Waals surface area (Å²) in [4.78, 5) is 4.21. The molecule has 1 aromatic rings. The first-order valence-electron chi connectivity index (χ1n) is 4.83. The van der Waals surface area contributed by atoms with Crippen LogP contribution in [0.5, 0.6) is 0 Å². The van der Waals surface area contributed by atoms with Crippen LogP contribution in [0.4, 0.5) is 0 Å². The van der Waals surface area contributed by atoms with Crippen molar-refractivity contribution in [2.75, 3.05) is 13.7 Å². The van der Waals surface area contributed by atoms with Crippen LogP contribution in [0.25, 0.3) is 0 Å². The minimum absolute atomic E-state index is 0.0614. The monoisotopic (exact) mass is 195 g/mol. The van der Waals surface area contributed by atoms with Crippen molar-refractivity contribution in [3.63, 3.8) is 0 Å². The van der Waals surface area contributed by atoms with Gasteiger partial charge in [0.25, 0.3) is 0 Å². The van der Waals surface area contributed by atoms with E-state index in [1.165, 1.54) is 0 Å². The molecule has 3 heteroatoms. The van der Waals surface area contributed by atoms with Crippen molar-refractivity contribution >= 4 is 0 Å². The summed E-state index contributed by atoms with van der Waals surface area (Å²) in [5, 5.41) is 9.78. The van der Waals surface area contributed by atoms with Crippen LogP contribution in [-0.4, -0.2) is 29.9 Å². The maximum atomic E-state index is 9.78. The molecule has 0 aromatic carbocycles. The fraction of sp³-hybridized carbons (Fsp3) is 0.545. The average Bonchev–Trinajstić information content (AvgIpc) is 2.26. The molecule has 78 valence electrons. The lowest BCUT2D eigenvalue weighted by Gasteiger charge is -2.17. The van der Waals surface area contributed by atoms with Crippen molar-refractivity contribution < 1.29 is 9.84 Å². The first-order valence-corrected chi connectivity index (χ1v) is 4.83. The van der Waals surface area contributed by atoms with Gasteiger partial charge in [0.05, 0.1) is 6.10 Å². The van der Waals surface area contributed by atoms with Gasteiger partial charge < -0.3 is 9.84 Å². The van der Waals surface area contributed by atoms with E-state index in [-0.39, 0.29) is 12.0 Å². The van der Waals surface area contributed by atoms with Crippen LogP contribution >= 0.6 is 0 Å². The van der Waals surface area contributed by atoms with Crippen LogP contribution in [0, 0.1) is 0 Å². The van der Waals surface area contributed by atoms with Gasteiger partial charge in [-0.15, -0.1) is 0 Å². The van der Waals surface area contributed by atoms with Crippen molar-refractivity contribution in [3.8, 4) is 0 Å². The van der Waals surface area contributed by atoms with Crippen molar-refractivity contribution in [3.05, 3.63) is 30.1 Å². The highest BCUT2D eigenvalue weighted by atomic mass is 16.5. The minimum Gasteiger partial charge on any atom is -0.392 e. The summed E-state index contributed by atoms with van der Waals surface area (Å²) < 4.78 is 4.92. The first kappa shape index (κ1) is 11.1. The van der Waals surface area contributed by atoms with E-state index >= 15 is 0 Å². The van der Waals surface area contributed by atoms with Crippen LogP contribution in [0.3, 0.4) is 0 Å². The van der Waals surface area contributed by atoms with E-state index in [2.05, 4.69) is 4.98 Å². The third-order valence-electron chi connectivity index (χ3n) is 2.35. The maximum absolute atomic E-state index is 9.78. The molecule has 0 aliphatic heterocycles. The van der Waals surface area contributed by atoms with E-state index in [4.69, 9.17) is 4.74 Å². The molecule has 1 heterocycles. The second kappa shape index (κ2) is 5.73. The highest BCUT2D eigenvalue weighted by Crippen LogP contribution is 2.18. The number of aliphatic hydroxyl groups excluding tert-OH is 1. The molecule has 3 nitrogen and oxygen atoms in total. The Bertz CT molecular complexity index is 251. The molecule has 1 aromatic heterocycles. The molecule has 0 saturated carbocycles. The first-order chi connectivity index (χ1) is 6.75. The Labute approximate surface area is 84.7 Å². The van der Waals surface area contributed by atoms with Crippen molar-refractivity contribution in [1.29, 1.82) is 0 Å². The van der Waals surface area contributed by atoms with E-state index in [0.717, 1.165) is 5.69 Å². The number of aliphatic hydroxyl groups is 1. The van der Waals surface area contributed by atoms with Crippen molar-refractivity contribution in [1.82, 2.24) is 4.98 Å². The van der Waals surface area contributed by atoms with Gasteiger partial charge in [0.2, 0.25) is 0 Å². The van der Waals surface area contributed by atoms with Gasteiger partial charge >= 0.3 is 0 Å². The van der Waals surface area contributed by atoms with Crippen LogP contribution in [-0.2, 0) is 4.74 Å². The Hall–Kier alpha value is -0.930. The molecule has 0 bridgehead atoms. The predicted octanol–water partition coefficient (Wildman–Crippen LogP) is 1.58. The highest BCUT2D eigenvalue weighted by Gasteiger charge is 2.16. The molecule has 0 fully saturated rings. The third-order valence-corrected chi connectivity index (χ3v) is 2.35. The highest BCUT2D eigenvalue weighted by molar-refractivity contribution is 5.09. The molecule has 1 rings (SSSR count). The summed E-state index contributed by atoms with van der Waals surface area (Å²) in [7, 11) is 1.64. The van der Waals surface area contributed by atoms with Gasteiger partial charge in [0.1, 0.15) is 0 Å². The quantitative estimate of drug-likeness (QED) is 0.775. The number of methoxy groups -OCH3 is 1. The number of aromatic nitrogens is 1. The van der Waals surface area contributed by atoms with Gasteiger partial charge in [0.15, 0.2) is 0 Å². The van der Waals surface area contributed by atoms with E-state index in [1.54, 1.807) is 13.3 Å². The SMILES string of the molecule is COCCC(O)C(C)c1ccccn1. The molecule has 0 aliphatic rings. The Morgan fingerprint density at radius 2 is 2.29 bits per heavy atom. The van der Waals surface area contributed by atoms with Gasteiger partial charge in [0, 0.05) is 31.5 Å². The molecule has 0 spiro atoms. The second-order valence-corrected chi connectivity index (χ2v) is 3.39. The van der Waals surface area contributed by atoms with Crippen LogP contribution < -0.4 is 0 Å². The van der Waals surface area contributed by atoms with Crippen molar-refractivity contribution in [2.45, 2.75) is 25.4 Å². The molecule has 2 unspecified atom stereocenters.